The molecule has 1 aliphatic rings. The number of nitrogens with two attached hydrogens (primary N) is 1. The van der Waals surface area contributed by atoms with Crippen LogP contribution in [0.1, 0.15) is 25.8 Å². The quantitative estimate of drug-likeness (QED) is 0.731. The van der Waals surface area contributed by atoms with E-state index in [0.717, 1.165) is 18.0 Å². The molecule has 2 unspecified atom stereocenters. The molecule has 1 heterocycles. The van der Waals surface area contributed by atoms with Gasteiger partial charge in [0.2, 0.25) is 0 Å². The Kier molecular flexibility index (Phi) is 3.30. The van der Waals surface area contributed by atoms with Gasteiger partial charge in [0.05, 0.1) is 15.6 Å². The van der Waals surface area contributed by atoms with Crippen molar-refractivity contribution in [3.8, 4) is 5.75 Å². The van der Waals surface area contributed by atoms with Crippen molar-refractivity contribution < 1.29 is 5.11 Å². The third-order valence-electron chi connectivity index (χ3n) is 4.10. The minimum Gasteiger partial charge on any atom is -0.506 e. The molecule has 1 fully saturated rings. The third kappa shape index (κ3) is 1.79. The Bertz CT molecular complexity index is 504. The van der Waals surface area contributed by atoms with Crippen LogP contribution in [0.5, 0.6) is 5.75 Å². The molecule has 0 amide bonds. The summed E-state index contributed by atoms with van der Waals surface area (Å²) < 4.78 is 0. The monoisotopic (exact) mass is 284 g/mol. The molecule has 2 atom stereocenters. The highest BCUT2D eigenvalue weighted by Crippen LogP contribution is 2.47. The molecular weight excluding hydrogens is 268 g/mol. The topological polar surface area (TPSA) is 58.3 Å². The lowest BCUT2D eigenvalue weighted by atomic mass is 9.68. The largest absolute Gasteiger partial charge is 0.506 e. The predicted octanol–water partition coefficient (Wildman–Crippen LogP) is 2.55. The van der Waals surface area contributed by atoms with E-state index in [1.165, 1.54) is 0 Å². The van der Waals surface area contributed by atoms with Crippen LogP contribution >= 0.6 is 23.8 Å². The number of halogens is 1. The highest BCUT2D eigenvalue weighted by Gasteiger charge is 2.49. The Hall–Kier alpha value is -0.840. The summed E-state index contributed by atoms with van der Waals surface area (Å²) in [4.78, 5) is 0.742. The molecule has 0 aliphatic carbocycles. The summed E-state index contributed by atoms with van der Waals surface area (Å²) >= 11 is 11.3. The lowest BCUT2D eigenvalue weighted by Crippen LogP contribution is -2.52. The lowest BCUT2D eigenvalue weighted by Gasteiger charge is -2.41. The molecule has 0 radical (unpaired) electrons. The van der Waals surface area contributed by atoms with E-state index >= 15 is 0 Å². The van der Waals surface area contributed by atoms with Crippen LogP contribution in [-0.2, 0) is 5.54 Å². The van der Waals surface area contributed by atoms with Gasteiger partial charge in [0.25, 0.3) is 0 Å². The second-order valence-electron chi connectivity index (χ2n) is 5.18. The maximum absolute atomic E-state index is 10.1. The molecule has 1 aromatic rings. The van der Waals surface area contributed by atoms with E-state index in [2.05, 4.69) is 5.32 Å². The number of aromatic hydroxyl groups is 1. The molecule has 2 rings (SSSR count). The molecule has 18 heavy (non-hydrogen) atoms. The van der Waals surface area contributed by atoms with Gasteiger partial charge in [-0.2, -0.15) is 0 Å². The van der Waals surface area contributed by atoms with Gasteiger partial charge >= 0.3 is 0 Å². The molecule has 0 spiro atoms. The van der Waals surface area contributed by atoms with Gasteiger partial charge < -0.3 is 16.2 Å². The molecule has 98 valence electrons. The molecule has 0 saturated carbocycles. The van der Waals surface area contributed by atoms with Crippen molar-refractivity contribution >= 4 is 28.8 Å². The Labute approximate surface area is 117 Å². The van der Waals surface area contributed by atoms with E-state index in [0.29, 0.717) is 10.6 Å². The van der Waals surface area contributed by atoms with Gasteiger partial charge in [-0.3, -0.25) is 0 Å². The van der Waals surface area contributed by atoms with Crippen LogP contribution in [-0.4, -0.2) is 16.6 Å². The number of benzene rings is 1. The first-order valence-electron chi connectivity index (χ1n) is 5.86. The zero-order valence-electron chi connectivity index (χ0n) is 10.5. The molecule has 4 N–H and O–H groups in total. The molecule has 0 bridgehead atoms. The summed E-state index contributed by atoms with van der Waals surface area (Å²) in [5.41, 5.74) is 5.96. The minimum absolute atomic E-state index is 0.0418. The zero-order chi connectivity index (χ0) is 13.6. The highest BCUT2D eigenvalue weighted by atomic mass is 35.5. The molecule has 3 nitrogen and oxygen atoms in total. The van der Waals surface area contributed by atoms with E-state index in [-0.39, 0.29) is 11.2 Å². The number of hydrogen-bond acceptors (Lipinski definition) is 3. The fourth-order valence-corrected chi connectivity index (χ4v) is 3.05. The molecule has 1 aromatic carbocycles. The van der Waals surface area contributed by atoms with Gasteiger partial charge in [0.1, 0.15) is 5.75 Å². The van der Waals surface area contributed by atoms with Crippen LogP contribution in [0.3, 0.4) is 0 Å². The Balaban J connectivity index is 2.54. The fraction of sp³-hybridized carbons (Fsp3) is 0.462. The van der Waals surface area contributed by atoms with Crippen LogP contribution in [0.2, 0.25) is 5.02 Å². The van der Waals surface area contributed by atoms with Crippen LogP contribution in [0.15, 0.2) is 18.2 Å². The number of phenols is 1. The standard InChI is InChI=1S/C13H17ClN2OS/c1-12(6-7-16-11(12)18)13(2,15)8-4-3-5-9(14)10(8)17/h3-5,17H,6-7,15H2,1-2H3,(H,16,18). The maximum atomic E-state index is 10.1. The van der Waals surface area contributed by atoms with Gasteiger partial charge in [-0.05, 0) is 19.4 Å². The van der Waals surface area contributed by atoms with E-state index in [1.54, 1.807) is 18.2 Å². The van der Waals surface area contributed by atoms with E-state index in [4.69, 9.17) is 29.6 Å². The van der Waals surface area contributed by atoms with E-state index in [1.807, 2.05) is 13.8 Å². The first-order valence-corrected chi connectivity index (χ1v) is 6.64. The van der Waals surface area contributed by atoms with Crippen molar-refractivity contribution in [1.29, 1.82) is 0 Å². The van der Waals surface area contributed by atoms with Gasteiger partial charge in [0.15, 0.2) is 0 Å². The van der Waals surface area contributed by atoms with Crippen LogP contribution < -0.4 is 11.1 Å². The van der Waals surface area contributed by atoms with Gasteiger partial charge in [-0.15, -0.1) is 0 Å². The molecule has 0 aromatic heterocycles. The van der Waals surface area contributed by atoms with Crippen LogP contribution in [0.4, 0.5) is 0 Å². The third-order valence-corrected chi connectivity index (χ3v) is 5.00. The molecule has 1 saturated heterocycles. The molecule has 5 heteroatoms. The highest BCUT2D eigenvalue weighted by molar-refractivity contribution is 7.80. The van der Waals surface area contributed by atoms with E-state index < -0.39 is 5.54 Å². The van der Waals surface area contributed by atoms with Crippen molar-refractivity contribution in [1.82, 2.24) is 5.32 Å². The minimum atomic E-state index is -0.775. The molecule has 1 aliphatic heterocycles. The summed E-state index contributed by atoms with van der Waals surface area (Å²) in [7, 11) is 0. The lowest BCUT2D eigenvalue weighted by molar-refractivity contribution is 0.248. The van der Waals surface area contributed by atoms with Crippen molar-refractivity contribution in [2.45, 2.75) is 25.8 Å². The zero-order valence-corrected chi connectivity index (χ0v) is 12.0. The van der Waals surface area contributed by atoms with Gasteiger partial charge in [-0.25, -0.2) is 0 Å². The SMILES string of the molecule is CC1(C(C)(N)c2cccc(Cl)c2O)CCNC1=S. The Morgan fingerprint density at radius 1 is 1.56 bits per heavy atom. The number of para-hydroxylation sites is 1. The maximum Gasteiger partial charge on any atom is 0.139 e. The van der Waals surface area contributed by atoms with Crippen molar-refractivity contribution in [2.24, 2.45) is 11.1 Å². The normalized spacial score (nSPS) is 26.8. The number of nitrogens with one attached hydrogen (secondary N) is 1. The Morgan fingerprint density at radius 3 is 2.78 bits per heavy atom. The number of hydrogen-bond donors (Lipinski definition) is 3. The first-order chi connectivity index (χ1) is 8.30. The summed E-state index contributed by atoms with van der Waals surface area (Å²) in [6.07, 6.45) is 0.838. The summed E-state index contributed by atoms with van der Waals surface area (Å²) in [6.45, 7) is 4.72. The van der Waals surface area contributed by atoms with Crippen molar-refractivity contribution in [3.63, 3.8) is 0 Å². The van der Waals surface area contributed by atoms with Gasteiger partial charge in [0, 0.05) is 17.5 Å². The average Bonchev–Trinajstić information content (AvgIpc) is 2.64. The van der Waals surface area contributed by atoms with Crippen LogP contribution in [0.25, 0.3) is 0 Å². The number of thiocarbonyl (C=S) groups is 1. The summed E-state index contributed by atoms with van der Waals surface area (Å²) in [6, 6.07) is 5.23. The van der Waals surface area contributed by atoms with E-state index in [9.17, 15) is 5.11 Å². The first kappa shape index (κ1) is 13.6. The van der Waals surface area contributed by atoms with Crippen LogP contribution in [0, 0.1) is 5.41 Å². The second kappa shape index (κ2) is 4.37. The second-order valence-corrected chi connectivity index (χ2v) is 5.99. The summed E-state index contributed by atoms with van der Waals surface area (Å²) in [5.74, 6) is 0.0418. The number of rotatable bonds is 2. The van der Waals surface area contributed by atoms with Crippen molar-refractivity contribution in [2.75, 3.05) is 6.54 Å². The fourth-order valence-electron chi connectivity index (χ4n) is 2.46. The van der Waals surface area contributed by atoms with Crippen molar-refractivity contribution in [3.05, 3.63) is 28.8 Å². The average molecular weight is 285 g/mol. The smallest absolute Gasteiger partial charge is 0.139 e. The molecular formula is C13H17ClN2OS. The van der Waals surface area contributed by atoms with Gasteiger partial charge in [-0.1, -0.05) is 42.9 Å². The summed E-state index contributed by atoms with van der Waals surface area (Å²) in [5, 5.41) is 13.6. The predicted molar refractivity (Wildman–Crippen MR) is 78.0 cm³/mol. The Morgan fingerprint density at radius 2 is 2.22 bits per heavy atom. The number of phenolic OH excluding ortho intramolecular Hbond substituents is 1.